The molecule has 0 aliphatic carbocycles. The van der Waals surface area contributed by atoms with Gasteiger partial charge in [-0.05, 0) is 56.0 Å². The quantitative estimate of drug-likeness (QED) is 0.234. The van der Waals surface area contributed by atoms with Crippen LogP contribution < -0.4 is 33.8 Å². The molecular formula is C31H32O8. The van der Waals surface area contributed by atoms with E-state index in [1.807, 2.05) is 25.1 Å². The molecule has 0 N–H and O–H groups in total. The van der Waals surface area contributed by atoms with Crippen LogP contribution in [-0.2, 0) is 0 Å². The fourth-order valence-corrected chi connectivity index (χ4v) is 4.55. The molecule has 8 nitrogen and oxygen atoms in total. The molecule has 39 heavy (non-hydrogen) atoms. The molecule has 8 heteroatoms. The van der Waals surface area contributed by atoms with Crippen molar-refractivity contribution in [3.63, 3.8) is 0 Å². The molecular weight excluding hydrogens is 500 g/mol. The Morgan fingerprint density at radius 2 is 1.49 bits per heavy atom. The predicted molar refractivity (Wildman–Crippen MR) is 150 cm³/mol. The summed E-state index contributed by atoms with van der Waals surface area (Å²) in [7, 11) is 7.54. The molecule has 0 aliphatic rings. The monoisotopic (exact) mass is 532 g/mol. The first-order valence-corrected chi connectivity index (χ1v) is 12.2. The van der Waals surface area contributed by atoms with Crippen molar-refractivity contribution < 1.29 is 32.8 Å². The zero-order valence-corrected chi connectivity index (χ0v) is 23.0. The van der Waals surface area contributed by atoms with Crippen LogP contribution in [0, 0.1) is 20.8 Å². The lowest BCUT2D eigenvalue weighted by Crippen LogP contribution is -2.16. The van der Waals surface area contributed by atoms with Gasteiger partial charge in [0.25, 0.3) is 0 Å². The third kappa shape index (κ3) is 5.19. The third-order valence-electron chi connectivity index (χ3n) is 6.48. The molecule has 0 saturated carbocycles. The number of fused-ring (bicyclic) bond motifs is 1. The van der Waals surface area contributed by atoms with Crippen LogP contribution in [0.15, 0.2) is 51.7 Å². The molecule has 0 fully saturated rings. The largest absolute Gasteiger partial charge is 0.496 e. The third-order valence-corrected chi connectivity index (χ3v) is 6.48. The van der Waals surface area contributed by atoms with E-state index in [0.29, 0.717) is 40.7 Å². The van der Waals surface area contributed by atoms with E-state index in [1.54, 1.807) is 24.3 Å². The summed E-state index contributed by atoms with van der Waals surface area (Å²) in [5.74, 6) is 2.10. The Hall–Kier alpha value is -4.33. The highest BCUT2D eigenvalue weighted by Crippen LogP contribution is 2.45. The molecule has 1 heterocycles. The topological polar surface area (TPSA) is 85.6 Å². The second-order valence-electron chi connectivity index (χ2n) is 8.79. The van der Waals surface area contributed by atoms with Gasteiger partial charge in [0.05, 0.1) is 35.5 Å². The van der Waals surface area contributed by atoms with Crippen LogP contribution in [-0.4, -0.2) is 35.5 Å². The summed E-state index contributed by atoms with van der Waals surface area (Å²) in [5, 5.41) is 0.220. The van der Waals surface area contributed by atoms with Crippen LogP contribution in [0.3, 0.4) is 0 Å². The van der Waals surface area contributed by atoms with Gasteiger partial charge >= 0.3 is 0 Å². The highest BCUT2D eigenvalue weighted by Gasteiger charge is 2.26. The average molecular weight is 533 g/mol. The Morgan fingerprint density at radius 1 is 0.821 bits per heavy atom. The SMILES string of the molecule is [CH2]CC(Oc1c(-c2cc(OC)c(OC)c(OC)c2)oc2cc(OC)cc(OC)c2c1=O)c1ccc([CH2])cc1C. The smallest absolute Gasteiger partial charge is 0.239 e. The normalized spacial score (nSPS) is 11.7. The van der Waals surface area contributed by atoms with Gasteiger partial charge in [-0.1, -0.05) is 18.2 Å². The van der Waals surface area contributed by atoms with Gasteiger partial charge in [0, 0.05) is 17.7 Å². The number of hydrogen-bond acceptors (Lipinski definition) is 8. The molecule has 204 valence electrons. The van der Waals surface area contributed by atoms with E-state index in [9.17, 15) is 4.79 Å². The molecule has 1 aromatic heterocycles. The second-order valence-corrected chi connectivity index (χ2v) is 8.79. The molecule has 0 amide bonds. The van der Waals surface area contributed by atoms with Crippen molar-refractivity contribution in [1.29, 1.82) is 0 Å². The van der Waals surface area contributed by atoms with Gasteiger partial charge in [-0.3, -0.25) is 4.79 Å². The van der Waals surface area contributed by atoms with Crippen LogP contribution in [0.5, 0.6) is 34.5 Å². The molecule has 1 unspecified atom stereocenters. The Bertz CT molecular complexity index is 1530. The zero-order chi connectivity index (χ0) is 28.3. The molecule has 2 radical (unpaired) electrons. The van der Waals surface area contributed by atoms with Gasteiger partial charge in [0.2, 0.25) is 16.9 Å². The van der Waals surface area contributed by atoms with E-state index in [1.165, 1.54) is 35.5 Å². The van der Waals surface area contributed by atoms with Gasteiger partial charge in [-0.2, -0.15) is 0 Å². The fourth-order valence-electron chi connectivity index (χ4n) is 4.55. The first-order chi connectivity index (χ1) is 18.8. The van der Waals surface area contributed by atoms with E-state index < -0.39 is 11.5 Å². The van der Waals surface area contributed by atoms with E-state index in [0.717, 1.165) is 16.7 Å². The number of rotatable bonds is 10. The Kier molecular flexibility index (Phi) is 8.24. The van der Waals surface area contributed by atoms with Gasteiger partial charge in [-0.15, -0.1) is 0 Å². The molecule has 3 aromatic carbocycles. The van der Waals surface area contributed by atoms with Crippen LogP contribution >= 0.6 is 0 Å². The maximum absolute atomic E-state index is 14.1. The first kappa shape index (κ1) is 27.7. The molecule has 1 atom stereocenters. The number of methoxy groups -OCH3 is 5. The van der Waals surface area contributed by atoms with Crippen molar-refractivity contribution in [2.24, 2.45) is 0 Å². The van der Waals surface area contributed by atoms with Crippen LogP contribution in [0.4, 0.5) is 0 Å². The van der Waals surface area contributed by atoms with Crippen molar-refractivity contribution in [3.8, 4) is 45.8 Å². The Morgan fingerprint density at radius 3 is 2.03 bits per heavy atom. The highest BCUT2D eigenvalue weighted by atomic mass is 16.5. The highest BCUT2D eigenvalue weighted by molar-refractivity contribution is 5.89. The minimum absolute atomic E-state index is 0.00742. The van der Waals surface area contributed by atoms with Gasteiger partial charge < -0.3 is 32.8 Å². The number of hydrogen-bond donors (Lipinski definition) is 0. The summed E-state index contributed by atoms with van der Waals surface area (Å²) >= 11 is 0. The number of aryl methyl sites for hydroxylation is 1. The summed E-state index contributed by atoms with van der Waals surface area (Å²) in [6.45, 7) is 10.0. The minimum Gasteiger partial charge on any atom is -0.496 e. The molecule has 4 aromatic rings. The fraction of sp³-hybridized carbons (Fsp3) is 0.258. The summed E-state index contributed by atoms with van der Waals surface area (Å²) in [6.07, 6.45) is -0.195. The van der Waals surface area contributed by atoms with Crippen molar-refractivity contribution in [1.82, 2.24) is 0 Å². The van der Waals surface area contributed by atoms with Crippen molar-refractivity contribution in [3.05, 3.63) is 83.2 Å². The van der Waals surface area contributed by atoms with Gasteiger partial charge in [0.15, 0.2) is 17.3 Å². The van der Waals surface area contributed by atoms with Crippen LogP contribution in [0.25, 0.3) is 22.3 Å². The van der Waals surface area contributed by atoms with Crippen LogP contribution in [0.1, 0.15) is 29.2 Å². The summed E-state index contributed by atoms with van der Waals surface area (Å²) in [5.41, 5.74) is 3.06. The number of benzene rings is 3. The second kappa shape index (κ2) is 11.6. The van der Waals surface area contributed by atoms with E-state index in [4.69, 9.17) is 32.8 Å². The van der Waals surface area contributed by atoms with Crippen molar-refractivity contribution in [2.45, 2.75) is 19.4 Å². The summed E-state index contributed by atoms with van der Waals surface area (Å²) in [6, 6.07) is 12.4. The maximum Gasteiger partial charge on any atom is 0.239 e. The van der Waals surface area contributed by atoms with Gasteiger partial charge in [0.1, 0.15) is 28.6 Å². The first-order valence-electron chi connectivity index (χ1n) is 12.2. The molecule has 0 saturated heterocycles. The molecule has 0 bridgehead atoms. The summed E-state index contributed by atoms with van der Waals surface area (Å²) in [4.78, 5) is 14.1. The van der Waals surface area contributed by atoms with Crippen molar-refractivity contribution in [2.75, 3.05) is 35.5 Å². The standard InChI is InChI=1S/C31H32O8/c1-9-22(21-11-10-17(2)12-18(21)3)38-31-28(32)27-23(34-5)15-20(33-4)16-24(27)39-29(31)19-13-25(35-6)30(37-8)26(14-19)36-7/h10-16,22H,1-2,9H2,3-8H3. The molecule has 0 aliphatic heterocycles. The van der Waals surface area contributed by atoms with Gasteiger partial charge in [-0.25, -0.2) is 0 Å². The van der Waals surface area contributed by atoms with E-state index in [-0.39, 0.29) is 22.5 Å². The lowest BCUT2D eigenvalue weighted by atomic mass is 9.99. The van der Waals surface area contributed by atoms with Crippen LogP contribution in [0.2, 0.25) is 0 Å². The Labute approximate surface area is 228 Å². The lowest BCUT2D eigenvalue weighted by molar-refractivity contribution is 0.203. The zero-order valence-electron chi connectivity index (χ0n) is 23.0. The maximum atomic E-state index is 14.1. The average Bonchev–Trinajstić information content (AvgIpc) is 2.95. The van der Waals surface area contributed by atoms with E-state index >= 15 is 0 Å². The van der Waals surface area contributed by atoms with Crippen molar-refractivity contribution >= 4 is 11.0 Å². The predicted octanol–water partition coefficient (Wildman–Crippen LogP) is 6.34. The number of ether oxygens (including phenoxy) is 6. The minimum atomic E-state index is -0.545. The Balaban J connectivity index is 2.05. The lowest BCUT2D eigenvalue weighted by Gasteiger charge is -2.22. The summed E-state index contributed by atoms with van der Waals surface area (Å²) < 4.78 is 40.4. The molecule has 4 rings (SSSR count). The molecule has 0 spiro atoms. The van der Waals surface area contributed by atoms with E-state index in [2.05, 4.69) is 13.8 Å².